The largest absolute Gasteiger partial charge is 0.481 e. The summed E-state index contributed by atoms with van der Waals surface area (Å²) in [4.78, 5) is 11.0. The summed E-state index contributed by atoms with van der Waals surface area (Å²) in [5.74, 6) is -0.668. The summed E-state index contributed by atoms with van der Waals surface area (Å²) in [5.41, 5.74) is 4.07. The third-order valence-electron chi connectivity index (χ3n) is 5.16. The summed E-state index contributed by atoms with van der Waals surface area (Å²) >= 11 is 0. The van der Waals surface area contributed by atoms with E-state index in [9.17, 15) is 9.90 Å². The molecule has 0 amide bonds. The van der Waals surface area contributed by atoms with Crippen LogP contribution in [0.15, 0.2) is 24.3 Å². The van der Waals surface area contributed by atoms with Gasteiger partial charge >= 0.3 is 5.97 Å². The van der Waals surface area contributed by atoms with E-state index in [1.165, 1.54) is 22.3 Å². The number of hydrogen-bond donors (Lipinski definition) is 2. The van der Waals surface area contributed by atoms with Crippen LogP contribution in [0.4, 0.5) is 0 Å². The van der Waals surface area contributed by atoms with Gasteiger partial charge in [0, 0.05) is 5.92 Å². The van der Waals surface area contributed by atoms with Crippen molar-refractivity contribution >= 4 is 11.5 Å². The highest BCUT2D eigenvalue weighted by Crippen LogP contribution is 2.51. The Hall–Kier alpha value is -1.61. The monoisotopic (exact) mass is 286 g/mol. The second-order valence-electron chi connectivity index (χ2n) is 6.65. The molecule has 0 heterocycles. The standard InChI is InChI=1S/C18H22O3/c1-11-4-3-5-12(2)17(11)15-8-14-7-6-13(15)9-18(14,21)10-16(19)20/h3-5,8,13-14,21H,6-7,9-10H2,1-2H3,(H,19,20). The number of hydrogen-bond acceptors (Lipinski definition) is 2. The molecule has 1 saturated carbocycles. The van der Waals surface area contributed by atoms with Crippen molar-refractivity contribution in [3.63, 3.8) is 0 Å². The number of allylic oxidation sites excluding steroid dienone is 1. The zero-order chi connectivity index (χ0) is 15.2. The highest BCUT2D eigenvalue weighted by molar-refractivity contribution is 5.75. The molecule has 2 N–H and O–H groups in total. The molecule has 3 unspecified atom stereocenters. The molecule has 3 nitrogen and oxygen atoms in total. The quantitative estimate of drug-likeness (QED) is 0.896. The molecule has 2 bridgehead atoms. The maximum atomic E-state index is 11.0. The molecule has 1 aromatic rings. The third-order valence-corrected chi connectivity index (χ3v) is 5.16. The van der Waals surface area contributed by atoms with Crippen LogP contribution >= 0.6 is 0 Å². The van der Waals surface area contributed by atoms with Crippen molar-refractivity contribution in [3.05, 3.63) is 41.0 Å². The van der Waals surface area contributed by atoms with Crippen LogP contribution in [0, 0.1) is 25.7 Å². The Labute approximate surface area is 125 Å². The van der Waals surface area contributed by atoms with Gasteiger partial charge in [-0.2, -0.15) is 0 Å². The van der Waals surface area contributed by atoms with Gasteiger partial charge in [-0.3, -0.25) is 4.79 Å². The van der Waals surface area contributed by atoms with Gasteiger partial charge in [0.05, 0.1) is 12.0 Å². The predicted octanol–water partition coefficient (Wildman–Crippen LogP) is 3.32. The molecule has 3 heteroatoms. The average molecular weight is 286 g/mol. The molecule has 0 spiro atoms. The van der Waals surface area contributed by atoms with E-state index in [1.807, 2.05) is 0 Å². The van der Waals surface area contributed by atoms with Crippen LogP contribution in [0.25, 0.3) is 5.57 Å². The average Bonchev–Trinajstić information content (AvgIpc) is 2.38. The Morgan fingerprint density at radius 3 is 2.48 bits per heavy atom. The van der Waals surface area contributed by atoms with E-state index in [1.54, 1.807) is 0 Å². The van der Waals surface area contributed by atoms with Gasteiger partial charge < -0.3 is 10.2 Å². The molecule has 112 valence electrons. The number of fused-ring (bicyclic) bond motifs is 2. The van der Waals surface area contributed by atoms with Crippen molar-refractivity contribution in [1.29, 1.82) is 0 Å². The molecule has 3 atom stereocenters. The van der Waals surface area contributed by atoms with E-state index in [0.717, 1.165) is 12.8 Å². The van der Waals surface area contributed by atoms with Crippen molar-refractivity contribution in [2.75, 3.05) is 0 Å². The van der Waals surface area contributed by atoms with Crippen LogP contribution in [0.2, 0.25) is 0 Å². The van der Waals surface area contributed by atoms with Gasteiger partial charge in [0.1, 0.15) is 0 Å². The van der Waals surface area contributed by atoms with Gasteiger partial charge in [-0.1, -0.05) is 24.3 Å². The van der Waals surface area contributed by atoms with Crippen molar-refractivity contribution in [2.45, 2.75) is 45.1 Å². The molecule has 1 aromatic carbocycles. The van der Waals surface area contributed by atoms with Crippen molar-refractivity contribution in [1.82, 2.24) is 0 Å². The fourth-order valence-corrected chi connectivity index (χ4v) is 4.21. The molecule has 0 aromatic heterocycles. The maximum Gasteiger partial charge on any atom is 0.306 e. The summed E-state index contributed by atoms with van der Waals surface area (Å²) in [6, 6.07) is 6.31. The number of aliphatic carboxylic acids is 1. The second-order valence-corrected chi connectivity index (χ2v) is 6.65. The lowest BCUT2D eigenvalue weighted by atomic mass is 9.60. The predicted molar refractivity (Wildman–Crippen MR) is 81.9 cm³/mol. The number of benzene rings is 1. The molecular formula is C18H22O3. The van der Waals surface area contributed by atoms with E-state index < -0.39 is 11.6 Å². The van der Waals surface area contributed by atoms with Crippen molar-refractivity contribution < 1.29 is 15.0 Å². The Morgan fingerprint density at radius 1 is 1.29 bits per heavy atom. The molecule has 0 radical (unpaired) electrons. The summed E-state index contributed by atoms with van der Waals surface area (Å²) in [6.45, 7) is 4.24. The lowest BCUT2D eigenvalue weighted by Gasteiger charge is -2.47. The van der Waals surface area contributed by atoms with Gasteiger partial charge in [0.25, 0.3) is 0 Å². The van der Waals surface area contributed by atoms with Gasteiger partial charge in [-0.05, 0) is 61.3 Å². The van der Waals surface area contributed by atoms with Gasteiger partial charge in [-0.25, -0.2) is 0 Å². The lowest BCUT2D eigenvalue weighted by molar-refractivity contribution is -0.147. The van der Waals surface area contributed by atoms with Gasteiger partial charge in [0.2, 0.25) is 0 Å². The highest BCUT2D eigenvalue weighted by atomic mass is 16.4. The second kappa shape index (κ2) is 4.99. The molecule has 21 heavy (non-hydrogen) atoms. The van der Waals surface area contributed by atoms with E-state index in [0.29, 0.717) is 6.42 Å². The minimum atomic E-state index is -1.06. The number of carbonyl (C=O) groups is 1. The zero-order valence-electron chi connectivity index (χ0n) is 12.6. The highest BCUT2D eigenvalue weighted by Gasteiger charge is 2.47. The molecule has 4 rings (SSSR count). The van der Waals surface area contributed by atoms with E-state index in [-0.39, 0.29) is 18.3 Å². The fraction of sp³-hybridized carbons (Fsp3) is 0.500. The third kappa shape index (κ3) is 2.40. The maximum absolute atomic E-state index is 11.0. The van der Waals surface area contributed by atoms with Crippen LogP contribution < -0.4 is 0 Å². The van der Waals surface area contributed by atoms with Crippen molar-refractivity contribution in [3.8, 4) is 0 Å². The number of aryl methyl sites for hydroxylation is 2. The normalized spacial score (nSPS) is 31.1. The van der Waals surface area contributed by atoms with Crippen LogP contribution in [-0.4, -0.2) is 21.8 Å². The smallest absolute Gasteiger partial charge is 0.306 e. The zero-order valence-corrected chi connectivity index (χ0v) is 12.6. The van der Waals surface area contributed by atoms with E-state index in [2.05, 4.69) is 38.1 Å². The summed E-state index contributed by atoms with van der Waals surface area (Å²) in [6.07, 6.45) is 4.51. The van der Waals surface area contributed by atoms with E-state index >= 15 is 0 Å². The molecule has 0 aliphatic heterocycles. The summed E-state index contributed by atoms with van der Waals surface area (Å²) in [7, 11) is 0. The van der Waals surface area contributed by atoms with Crippen molar-refractivity contribution in [2.24, 2.45) is 11.8 Å². The molecule has 3 aliphatic rings. The number of rotatable bonds is 3. The first kappa shape index (κ1) is 14.3. The van der Waals surface area contributed by atoms with E-state index in [4.69, 9.17) is 5.11 Å². The Morgan fingerprint density at radius 2 is 1.95 bits per heavy atom. The number of carboxylic acids is 1. The molecule has 1 fully saturated rings. The Bertz CT molecular complexity index is 597. The van der Waals surface area contributed by atoms with Crippen LogP contribution in [0.1, 0.15) is 42.4 Å². The summed E-state index contributed by atoms with van der Waals surface area (Å²) < 4.78 is 0. The minimum Gasteiger partial charge on any atom is -0.481 e. The van der Waals surface area contributed by atoms with Crippen LogP contribution in [-0.2, 0) is 4.79 Å². The Kier molecular flexibility index (Phi) is 3.40. The van der Waals surface area contributed by atoms with Gasteiger partial charge in [-0.15, -0.1) is 0 Å². The Balaban J connectivity index is 2.01. The first-order valence-electron chi connectivity index (χ1n) is 7.63. The number of carboxylic acid groups (broad SMARTS) is 1. The first-order chi connectivity index (χ1) is 9.90. The van der Waals surface area contributed by atoms with Crippen LogP contribution in [0.5, 0.6) is 0 Å². The molecule has 0 saturated heterocycles. The molecule has 3 aliphatic carbocycles. The topological polar surface area (TPSA) is 57.5 Å². The van der Waals surface area contributed by atoms with Gasteiger partial charge in [0.15, 0.2) is 0 Å². The lowest BCUT2D eigenvalue weighted by Crippen LogP contribution is -2.47. The molecular weight excluding hydrogens is 264 g/mol. The van der Waals surface area contributed by atoms with Crippen LogP contribution in [0.3, 0.4) is 0 Å². The summed E-state index contributed by atoms with van der Waals surface area (Å²) in [5, 5.41) is 19.8. The number of aliphatic hydroxyl groups is 1. The SMILES string of the molecule is Cc1cccc(C)c1C1=CC2CCC1CC2(O)CC(=O)O. The minimum absolute atomic E-state index is 0.0346. The first-order valence-corrected chi connectivity index (χ1v) is 7.63. The fourth-order valence-electron chi connectivity index (χ4n) is 4.21.